The van der Waals surface area contributed by atoms with Gasteiger partial charge in [0.25, 0.3) is 0 Å². The van der Waals surface area contributed by atoms with Gasteiger partial charge in [-0.2, -0.15) is 0 Å². The molecule has 0 radical (unpaired) electrons. The van der Waals surface area contributed by atoms with Crippen molar-refractivity contribution in [1.82, 2.24) is 30.2 Å². The molecule has 1 atom stereocenters. The smallest absolute Gasteiger partial charge is 0.125 e. The summed E-state index contributed by atoms with van der Waals surface area (Å²) in [5, 5.41) is 4.15. The van der Waals surface area contributed by atoms with Crippen LogP contribution in [0.2, 0.25) is 0 Å². The Morgan fingerprint density at radius 2 is 2.03 bits per heavy atom. The number of hydrogen-bond donors (Lipinski definition) is 2. The van der Waals surface area contributed by atoms with Crippen LogP contribution in [-0.2, 0) is 11.3 Å². The number of morpholine rings is 1. The van der Waals surface area contributed by atoms with Crippen LogP contribution < -0.4 is 5.32 Å². The number of aromatic amines is 1. The molecule has 4 heterocycles. The summed E-state index contributed by atoms with van der Waals surface area (Å²) in [6, 6.07) is 11.0. The first-order valence-corrected chi connectivity index (χ1v) is 10.7. The Labute approximate surface area is 185 Å². The minimum atomic E-state index is -0.293. The summed E-state index contributed by atoms with van der Waals surface area (Å²) in [7, 11) is 1.90. The maximum Gasteiger partial charge on any atom is 0.125 e. The van der Waals surface area contributed by atoms with Crippen molar-refractivity contribution in [2.45, 2.75) is 12.6 Å². The highest BCUT2D eigenvalue weighted by Crippen LogP contribution is 2.34. The Bertz CT molecular complexity index is 1210. The third kappa shape index (κ3) is 4.00. The molecule has 164 valence electrons. The lowest BCUT2D eigenvalue weighted by atomic mass is 9.99. The molecule has 8 heteroatoms. The molecule has 32 heavy (non-hydrogen) atoms. The highest BCUT2D eigenvalue weighted by Gasteiger charge is 2.27. The summed E-state index contributed by atoms with van der Waals surface area (Å²) >= 11 is 0. The predicted molar refractivity (Wildman–Crippen MR) is 121 cm³/mol. The Balaban J connectivity index is 1.68. The molecular formula is C24H25FN6O. The van der Waals surface area contributed by atoms with Crippen LogP contribution in [0.25, 0.3) is 22.2 Å². The van der Waals surface area contributed by atoms with Gasteiger partial charge >= 0.3 is 0 Å². The zero-order chi connectivity index (χ0) is 21.9. The van der Waals surface area contributed by atoms with E-state index < -0.39 is 0 Å². The lowest BCUT2D eigenvalue weighted by Gasteiger charge is -2.34. The van der Waals surface area contributed by atoms with Crippen LogP contribution in [0.1, 0.15) is 23.0 Å². The van der Waals surface area contributed by atoms with Crippen LogP contribution >= 0.6 is 0 Å². The number of halogens is 1. The van der Waals surface area contributed by atoms with E-state index >= 15 is 0 Å². The largest absolute Gasteiger partial charge is 0.379 e. The number of benzene rings is 1. The van der Waals surface area contributed by atoms with E-state index in [2.05, 4.69) is 31.2 Å². The molecule has 0 aliphatic carbocycles. The summed E-state index contributed by atoms with van der Waals surface area (Å²) in [4.78, 5) is 19.2. The van der Waals surface area contributed by atoms with Crippen molar-refractivity contribution in [3.8, 4) is 11.3 Å². The second-order valence-electron chi connectivity index (χ2n) is 7.85. The van der Waals surface area contributed by atoms with Gasteiger partial charge in [-0.25, -0.2) is 14.4 Å². The van der Waals surface area contributed by atoms with Crippen LogP contribution in [0.5, 0.6) is 0 Å². The molecule has 4 aromatic rings. The van der Waals surface area contributed by atoms with Crippen LogP contribution in [0, 0.1) is 5.82 Å². The Hall–Kier alpha value is -3.20. The van der Waals surface area contributed by atoms with E-state index in [0.717, 1.165) is 52.2 Å². The molecule has 0 spiro atoms. The molecule has 5 rings (SSSR count). The van der Waals surface area contributed by atoms with Gasteiger partial charge in [0.05, 0.1) is 36.3 Å². The lowest BCUT2D eigenvalue weighted by molar-refractivity contribution is 0.0225. The average molecular weight is 433 g/mol. The first-order chi connectivity index (χ1) is 15.7. The van der Waals surface area contributed by atoms with Crippen molar-refractivity contribution in [3.63, 3.8) is 0 Å². The third-order valence-corrected chi connectivity index (χ3v) is 5.83. The number of H-pyrrole nitrogens is 1. The van der Waals surface area contributed by atoms with E-state index in [-0.39, 0.29) is 11.9 Å². The molecule has 0 saturated carbocycles. The van der Waals surface area contributed by atoms with Crippen LogP contribution in [-0.4, -0.2) is 58.2 Å². The molecule has 1 fully saturated rings. The first-order valence-electron chi connectivity index (χ1n) is 10.7. The monoisotopic (exact) mass is 432 g/mol. The van der Waals surface area contributed by atoms with Gasteiger partial charge < -0.3 is 15.0 Å². The van der Waals surface area contributed by atoms with Crippen molar-refractivity contribution >= 4 is 10.9 Å². The summed E-state index contributed by atoms with van der Waals surface area (Å²) in [6.07, 6.45) is 5.14. The lowest BCUT2D eigenvalue weighted by Crippen LogP contribution is -2.40. The normalized spacial score (nSPS) is 15.8. The summed E-state index contributed by atoms with van der Waals surface area (Å²) in [6.45, 7) is 3.53. The van der Waals surface area contributed by atoms with Gasteiger partial charge in [-0.05, 0) is 42.9 Å². The molecule has 1 unspecified atom stereocenters. The maximum atomic E-state index is 14.5. The molecule has 1 aliphatic heterocycles. The second-order valence-corrected chi connectivity index (χ2v) is 7.85. The van der Waals surface area contributed by atoms with Gasteiger partial charge in [-0.3, -0.25) is 9.88 Å². The zero-order valence-corrected chi connectivity index (χ0v) is 17.9. The summed E-state index contributed by atoms with van der Waals surface area (Å²) < 4.78 is 20.1. The van der Waals surface area contributed by atoms with E-state index in [9.17, 15) is 4.39 Å². The van der Waals surface area contributed by atoms with E-state index in [1.54, 1.807) is 18.6 Å². The van der Waals surface area contributed by atoms with Crippen LogP contribution in [0.3, 0.4) is 0 Å². The van der Waals surface area contributed by atoms with Crippen molar-refractivity contribution in [2.24, 2.45) is 0 Å². The number of hydrogen-bond acceptors (Lipinski definition) is 6. The highest BCUT2D eigenvalue weighted by atomic mass is 19.1. The minimum absolute atomic E-state index is 0.139. The average Bonchev–Trinajstić information content (AvgIpc) is 3.30. The number of aromatic nitrogens is 4. The number of fused-ring (bicyclic) bond motifs is 1. The first kappa shape index (κ1) is 20.7. The fourth-order valence-corrected chi connectivity index (χ4v) is 4.37. The minimum Gasteiger partial charge on any atom is -0.379 e. The molecule has 0 amide bonds. The van der Waals surface area contributed by atoms with Gasteiger partial charge in [-0.1, -0.05) is 6.07 Å². The van der Waals surface area contributed by atoms with Gasteiger partial charge in [0, 0.05) is 48.5 Å². The van der Waals surface area contributed by atoms with E-state index in [0.29, 0.717) is 19.8 Å². The summed E-state index contributed by atoms with van der Waals surface area (Å²) in [5.41, 5.74) is 5.06. The second kappa shape index (κ2) is 9.12. The molecular weight excluding hydrogens is 407 g/mol. The zero-order valence-electron chi connectivity index (χ0n) is 17.9. The fraction of sp³-hybridized carbons (Fsp3) is 0.292. The molecule has 0 bridgehead atoms. The molecule has 7 nitrogen and oxygen atoms in total. The van der Waals surface area contributed by atoms with E-state index in [1.165, 1.54) is 6.07 Å². The van der Waals surface area contributed by atoms with E-state index in [1.807, 2.05) is 31.4 Å². The molecule has 3 aromatic heterocycles. The van der Waals surface area contributed by atoms with Crippen LogP contribution in [0.4, 0.5) is 4.39 Å². The molecule has 1 saturated heterocycles. The SMILES string of the molecule is CNCc1ccc(C(c2ccncn2)N2CCOCC2)nc1-c1cc(F)cc2[nH]ccc12. The van der Waals surface area contributed by atoms with Gasteiger partial charge in [-0.15, -0.1) is 0 Å². The number of rotatable bonds is 6. The Morgan fingerprint density at radius 3 is 2.81 bits per heavy atom. The number of nitrogens with one attached hydrogen (secondary N) is 2. The quantitative estimate of drug-likeness (QED) is 0.487. The Kier molecular flexibility index (Phi) is 5.89. The Morgan fingerprint density at radius 1 is 1.16 bits per heavy atom. The standard InChI is InChI=1S/C24H25FN6O/c1-26-14-16-2-3-21(24(20-5-6-27-15-29-20)31-8-10-32-11-9-31)30-23(16)19-12-17(25)13-22-18(19)4-7-28-22/h2-7,12-13,15,24,26,28H,8-11,14H2,1H3. The number of ether oxygens (including phenoxy) is 1. The number of pyridine rings is 1. The van der Waals surface area contributed by atoms with Gasteiger partial charge in [0.1, 0.15) is 12.1 Å². The van der Waals surface area contributed by atoms with Crippen molar-refractivity contribution in [2.75, 3.05) is 33.4 Å². The topological polar surface area (TPSA) is 79.0 Å². The number of nitrogens with zero attached hydrogens (tertiary/aromatic N) is 4. The molecule has 2 N–H and O–H groups in total. The summed E-state index contributed by atoms with van der Waals surface area (Å²) in [5.74, 6) is -0.293. The van der Waals surface area contributed by atoms with Gasteiger partial charge in [0.2, 0.25) is 0 Å². The van der Waals surface area contributed by atoms with Crippen molar-refractivity contribution in [3.05, 3.63) is 77.9 Å². The predicted octanol–water partition coefficient (Wildman–Crippen LogP) is 3.30. The third-order valence-electron chi connectivity index (χ3n) is 5.83. The molecule has 1 aliphatic rings. The van der Waals surface area contributed by atoms with Crippen molar-refractivity contribution in [1.29, 1.82) is 0 Å². The fourth-order valence-electron chi connectivity index (χ4n) is 4.37. The highest BCUT2D eigenvalue weighted by molar-refractivity contribution is 5.95. The molecule has 1 aromatic carbocycles. The maximum absolute atomic E-state index is 14.5. The van der Waals surface area contributed by atoms with Gasteiger partial charge in [0.15, 0.2) is 0 Å². The van der Waals surface area contributed by atoms with Crippen molar-refractivity contribution < 1.29 is 9.13 Å². The van der Waals surface area contributed by atoms with Crippen LogP contribution in [0.15, 0.2) is 55.1 Å². The van der Waals surface area contributed by atoms with E-state index in [4.69, 9.17) is 9.72 Å².